The zero-order valence-corrected chi connectivity index (χ0v) is 16.7. The van der Waals surface area contributed by atoms with Crippen LogP contribution in [0.1, 0.15) is 31.0 Å². The summed E-state index contributed by atoms with van der Waals surface area (Å²) in [7, 11) is 3.16. The van der Waals surface area contributed by atoms with Gasteiger partial charge in [-0.15, -0.1) is 0 Å². The van der Waals surface area contributed by atoms with E-state index in [-0.39, 0.29) is 11.8 Å². The third kappa shape index (κ3) is 3.81. The number of nitrogens with one attached hydrogen (secondary N) is 1. The van der Waals surface area contributed by atoms with E-state index in [1.165, 1.54) is 0 Å². The zero-order chi connectivity index (χ0) is 20.3. The minimum Gasteiger partial charge on any atom is -0.497 e. The van der Waals surface area contributed by atoms with Crippen LogP contribution in [0.15, 0.2) is 24.3 Å². The first-order valence-corrected chi connectivity index (χ1v) is 9.33. The smallest absolute Gasteiger partial charge is 0.243 e. The number of carbonyl (C=O) groups excluding carboxylic acids is 2. The minimum atomic E-state index is -0.591. The molecular formula is C20H26N4O4. The lowest BCUT2D eigenvalue weighted by molar-refractivity contribution is -0.127. The summed E-state index contributed by atoms with van der Waals surface area (Å²) < 4.78 is 12.4. The molecule has 1 unspecified atom stereocenters. The molecule has 0 radical (unpaired) electrons. The second-order valence-corrected chi connectivity index (χ2v) is 6.70. The van der Waals surface area contributed by atoms with Crippen LogP contribution in [0.3, 0.4) is 0 Å². The van der Waals surface area contributed by atoms with E-state index in [9.17, 15) is 9.59 Å². The second-order valence-electron chi connectivity index (χ2n) is 6.70. The lowest BCUT2D eigenvalue weighted by Gasteiger charge is -2.33. The lowest BCUT2D eigenvalue weighted by Crippen LogP contribution is -2.52. The molecule has 0 spiro atoms. The van der Waals surface area contributed by atoms with Gasteiger partial charge >= 0.3 is 0 Å². The summed E-state index contributed by atoms with van der Waals surface area (Å²) >= 11 is 0. The van der Waals surface area contributed by atoms with Crippen molar-refractivity contribution in [1.29, 1.82) is 0 Å². The van der Waals surface area contributed by atoms with E-state index in [4.69, 9.17) is 9.47 Å². The lowest BCUT2D eigenvalue weighted by atomic mass is 10.1. The molecule has 1 aliphatic heterocycles. The van der Waals surface area contributed by atoms with E-state index in [0.29, 0.717) is 43.2 Å². The van der Waals surface area contributed by atoms with Gasteiger partial charge in [0.25, 0.3) is 0 Å². The van der Waals surface area contributed by atoms with Crippen molar-refractivity contribution < 1.29 is 19.1 Å². The summed E-state index contributed by atoms with van der Waals surface area (Å²) in [5.74, 6) is 1.73. The Morgan fingerprint density at radius 1 is 1.29 bits per heavy atom. The number of hydrogen-bond acceptors (Lipinski definition) is 5. The molecule has 0 saturated heterocycles. The summed E-state index contributed by atoms with van der Waals surface area (Å²) in [6.07, 6.45) is 0.839. The molecule has 150 valence electrons. The fourth-order valence-corrected chi connectivity index (χ4v) is 3.46. The van der Waals surface area contributed by atoms with E-state index in [0.717, 1.165) is 11.3 Å². The Morgan fingerprint density at radius 3 is 2.75 bits per heavy atom. The van der Waals surface area contributed by atoms with Crippen LogP contribution in [-0.4, -0.2) is 41.9 Å². The van der Waals surface area contributed by atoms with Crippen LogP contribution < -0.4 is 19.7 Å². The first-order valence-electron chi connectivity index (χ1n) is 9.33. The maximum atomic E-state index is 12.9. The molecule has 1 aromatic heterocycles. The molecule has 0 bridgehead atoms. The van der Waals surface area contributed by atoms with Crippen molar-refractivity contribution in [1.82, 2.24) is 15.1 Å². The molecule has 8 nitrogen and oxygen atoms in total. The van der Waals surface area contributed by atoms with Crippen LogP contribution >= 0.6 is 0 Å². The van der Waals surface area contributed by atoms with E-state index in [2.05, 4.69) is 10.4 Å². The molecule has 28 heavy (non-hydrogen) atoms. The fourth-order valence-electron chi connectivity index (χ4n) is 3.46. The third-order valence-corrected chi connectivity index (χ3v) is 4.88. The van der Waals surface area contributed by atoms with Gasteiger partial charge in [0.2, 0.25) is 11.8 Å². The Kier molecular flexibility index (Phi) is 5.87. The average Bonchev–Trinajstić information content (AvgIpc) is 3.08. The number of aromatic nitrogens is 2. The number of anilines is 1. The third-order valence-electron chi connectivity index (χ3n) is 4.88. The molecule has 1 N–H and O–H groups in total. The van der Waals surface area contributed by atoms with E-state index >= 15 is 0 Å². The van der Waals surface area contributed by atoms with Gasteiger partial charge in [0.15, 0.2) is 0 Å². The van der Waals surface area contributed by atoms with Crippen molar-refractivity contribution in [2.45, 2.75) is 45.8 Å². The fraction of sp³-hybridized carbons (Fsp3) is 0.450. The van der Waals surface area contributed by atoms with Gasteiger partial charge in [-0.3, -0.25) is 14.5 Å². The molecule has 2 aromatic rings. The number of methoxy groups -OCH3 is 2. The molecule has 2 amide bonds. The molecule has 1 aromatic carbocycles. The Hall–Kier alpha value is -3.03. The predicted octanol–water partition coefficient (Wildman–Crippen LogP) is 2.04. The van der Waals surface area contributed by atoms with Gasteiger partial charge in [-0.1, -0.05) is 6.92 Å². The van der Waals surface area contributed by atoms with Crippen molar-refractivity contribution in [3.05, 3.63) is 35.5 Å². The maximum absolute atomic E-state index is 12.9. The molecular weight excluding hydrogens is 360 g/mol. The van der Waals surface area contributed by atoms with Crippen LogP contribution in [-0.2, 0) is 22.7 Å². The number of fused-ring (bicyclic) bond motifs is 1. The van der Waals surface area contributed by atoms with Gasteiger partial charge < -0.3 is 14.8 Å². The highest BCUT2D eigenvalue weighted by Gasteiger charge is 2.34. The van der Waals surface area contributed by atoms with E-state index in [1.54, 1.807) is 29.9 Å². The molecule has 0 fully saturated rings. The van der Waals surface area contributed by atoms with Gasteiger partial charge in [-0.2, -0.15) is 5.10 Å². The number of benzene rings is 1. The van der Waals surface area contributed by atoms with Crippen molar-refractivity contribution in [3.63, 3.8) is 0 Å². The SMILES string of the molecule is CCC(C(=O)NCc1ccc(OC)cc1OC)N1C(=O)CCn2nc(C)cc21. The molecule has 0 saturated carbocycles. The highest BCUT2D eigenvalue weighted by Crippen LogP contribution is 2.27. The Morgan fingerprint density at radius 2 is 2.07 bits per heavy atom. The largest absolute Gasteiger partial charge is 0.497 e. The summed E-state index contributed by atoms with van der Waals surface area (Å²) in [4.78, 5) is 27.1. The molecule has 3 rings (SSSR count). The van der Waals surface area contributed by atoms with Gasteiger partial charge in [-0.25, -0.2) is 4.68 Å². The predicted molar refractivity (Wildman–Crippen MR) is 105 cm³/mol. The first kappa shape index (κ1) is 19.7. The number of hydrogen-bond donors (Lipinski definition) is 1. The Balaban J connectivity index is 1.77. The minimum absolute atomic E-state index is 0.0589. The molecule has 1 atom stereocenters. The van der Waals surface area contributed by atoms with Crippen LogP contribution in [0.25, 0.3) is 0 Å². The summed E-state index contributed by atoms with van der Waals surface area (Å²) in [6, 6.07) is 6.69. The standard InChI is InChI=1S/C20H26N4O4/c1-5-16(24-18-10-13(2)22-23(18)9-8-19(24)25)20(26)21-12-14-6-7-15(27-3)11-17(14)28-4/h6-7,10-11,16H,5,8-9,12H2,1-4H3,(H,21,26). The number of ether oxygens (including phenoxy) is 2. The van der Waals surface area contributed by atoms with Gasteiger partial charge in [0, 0.05) is 30.7 Å². The van der Waals surface area contributed by atoms with Crippen molar-refractivity contribution in [2.75, 3.05) is 19.1 Å². The Bertz CT molecular complexity index is 877. The second kappa shape index (κ2) is 8.33. The Labute approximate surface area is 164 Å². The van der Waals surface area contributed by atoms with Gasteiger partial charge in [-0.05, 0) is 25.5 Å². The van der Waals surface area contributed by atoms with Gasteiger partial charge in [0.1, 0.15) is 23.4 Å². The quantitative estimate of drug-likeness (QED) is 0.787. The van der Waals surface area contributed by atoms with E-state index < -0.39 is 6.04 Å². The van der Waals surface area contributed by atoms with E-state index in [1.807, 2.05) is 32.0 Å². The van der Waals surface area contributed by atoms with Crippen molar-refractivity contribution in [3.8, 4) is 11.5 Å². The topological polar surface area (TPSA) is 85.7 Å². The van der Waals surface area contributed by atoms with Crippen molar-refractivity contribution in [2.24, 2.45) is 0 Å². The van der Waals surface area contributed by atoms with Crippen LogP contribution in [0.4, 0.5) is 5.82 Å². The van der Waals surface area contributed by atoms with Gasteiger partial charge in [0.05, 0.1) is 26.5 Å². The monoisotopic (exact) mass is 386 g/mol. The summed E-state index contributed by atoms with van der Waals surface area (Å²) in [5.41, 5.74) is 1.66. The summed E-state index contributed by atoms with van der Waals surface area (Å²) in [6.45, 7) is 4.61. The number of amides is 2. The highest BCUT2D eigenvalue weighted by molar-refractivity contribution is 6.01. The molecule has 1 aliphatic rings. The molecule has 2 heterocycles. The normalized spacial score (nSPS) is 14.4. The number of aryl methyl sites for hydroxylation is 2. The van der Waals surface area contributed by atoms with Crippen LogP contribution in [0.5, 0.6) is 11.5 Å². The first-order chi connectivity index (χ1) is 13.5. The number of carbonyl (C=O) groups is 2. The maximum Gasteiger partial charge on any atom is 0.243 e. The molecule has 0 aliphatic carbocycles. The average molecular weight is 386 g/mol. The number of rotatable bonds is 7. The zero-order valence-electron chi connectivity index (χ0n) is 16.7. The summed E-state index contributed by atoms with van der Waals surface area (Å²) in [5, 5.41) is 7.34. The van der Waals surface area contributed by atoms with Crippen LogP contribution in [0.2, 0.25) is 0 Å². The van der Waals surface area contributed by atoms with Crippen molar-refractivity contribution >= 4 is 17.6 Å². The number of nitrogens with zero attached hydrogens (tertiary/aromatic N) is 3. The van der Waals surface area contributed by atoms with Crippen LogP contribution in [0, 0.1) is 6.92 Å². The highest BCUT2D eigenvalue weighted by atomic mass is 16.5. The molecule has 8 heteroatoms.